The third-order valence-electron chi connectivity index (χ3n) is 2.10. The van der Waals surface area contributed by atoms with Crippen LogP contribution in [0.3, 0.4) is 0 Å². The summed E-state index contributed by atoms with van der Waals surface area (Å²) in [6.45, 7) is 0. The second kappa shape index (κ2) is 3.87. The fourth-order valence-electron chi connectivity index (χ4n) is 1.29. The third-order valence-corrected chi connectivity index (χ3v) is 2.10. The third kappa shape index (κ3) is 1.64. The number of rotatable bonds is 1. The van der Waals surface area contributed by atoms with Crippen LogP contribution in [0.5, 0.6) is 0 Å². The molecule has 0 saturated heterocycles. The first-order chi connectivity index (χ1) is 7.72. The number of nitrogens with zero attached hydrogens (tertiary/aromatic N) is 3. The van der Waals surface area contributed by atoms with E-state index >= 15 is 0 Å². The molecule has 0 fully saturated rings. The molecule has 2 aromatic rings. The Kier molecular flexibility index (Phi) is 2.40. The van der Waals surface area contributed by atoms with Crippen molar-refractivity contribution >= 4 is 5.69 Å². The van der Waals surface area contributed by atoms with Crippen molar-refractivity contribution in [1.82, 2.24) is 9.55 Å². The zero-order valence-corrected chi connectivity index (χ0v) is 8.29. The van der Waals surface area contributed by atoms with Gasteiger partial charge in [-0.3, -0.25) is 9.36 Å². The quantitative estimate of drug-likeness (QED) is 0.753. The summed E-state index contributed by atoms with van der Waals surface area (Å²) >= 11 is 0. The van der Waals surface area contributed by atoms with Gasteiger partial charge in [-0.25, -0.2) is 4.98 Å². The molecule has 2 rings (SSSR count). The largest absolute Gasteiger partial charge is 0.394 e. The predicted molar refractivity (Wildman–Crippen MR) is 59.0 cm³/mol. The van der Waals surface area contributed by atoms with Gasteiger partial charge in [0.1, 0.15) is 11.9 Å². The Labute approximate surface area is 91.4 Å². The zero-order valence-electron chi connectivity index (χ0n) is 8.29. The van der Waals surface area contributed by atoms with Crippen LogP contribution in [0.25, 0.3) is 5.82 Å². The molecule has 0 atom stereocenters. The molecule has 0 radical (unpaired) electrons. The van der Waals surface area contributed by atoms with Crippen molar-refractivity contribution in [2.45, 2.75) is 0 Å². The van der Waals surface area contributed by atoms with Crippen LogP contribution < -0.4 is 11.3 Å². The molecule has 2 aromatic heterocycles. The van der Waals surface area contributed by atoms with E-state index in [2.05, 4.69) is 4.98 Å². The SMILES string of the molecule is N#Cc1ccc(-n2cccc(N)c2=O)nc1. The molecule has 5 heteroatoms. The Balaban J connectivity index is 2.56. The van der Waals surface area contributed by atoms with Gasteiger partial charge in [-0.15, -0.1) is 0 Å². The molecule has 0 saturated carbocycles. The molecule has 0 aliphatic heterocycles. The lowest BCUT2D eigenvalue weighted by Gasteiger charge is -2.04. The smallest absolute Gasteiger partial charge is 0.279 e. The second-order valence-electron chi connectivity index (χ2n) is 3.16. The highest BCUT2D eigenvalue weighted by atomic mass is 16.1. The lowest BCUT2D eigenvalue weighted by atomic mass is 10.3. The van der Waals surface area contributed by atoms with Crippen molar-refractivity contribution < 1.29 is 0 Å². The van der Waals surface area contributed by atoms with Gasteiger partial charge in [-0.05, 0) is 24.3 Å². The predicted octanol–water partition coefficient (Wildman–Crippen LogP) is 0.686. The topological polar surface area (TPSA) is 84.7 Å². The Hall–Kier alpha value is -2.61. The molecule has 0 aliphatic rings. The van der Waals surface area contributed by atoms with E-state index in [0.717, 1.165) is 0 Å². The van der Waals surface area contributed by atoms with Gasteiger partial charge < -0.3 is 5.73 Å². The fourth-order valence-corrected chi connectivity index (χ4v) is 1.29. The molecule has 2 N–H and O–H groups in total. The first kappa shape index (κ1) is 9.93. The Bertz CT molecular complexity index is 607. The maximum Gasteiger partial charge on any atom is 0.279 e. The minimum absolute atomic E-state index is 0.161. The monoisotopic (exact) mass is 212 g/mol. The molecule has 0 aliphatic carbocycles. The molecule has 0 unspecified atom stereocenters. The Morgan fingerprint density at radius 1 is 1.38 bits per heavy atom. The number of aromatic nitrogens is 2. The fraction of sp³-hybridized carbons (Fsp3) is 0. The number of nitrogens with two attached hydrogens (primary N) is 1. The number of nitrogen functional groups attached to an aromatic ring is 1. The van der Waals surface area contributed by atoms with Gasteiger partial charge in [0.25, 0.3) is 5.56 Å². The van der Waals surface area contributed by atoms with Gasteiger partial charge >= 0.3 is 0 Å². The van der Waals surface area contributed by atoms with E-state index in [9.17, 15) is 4.79 Å². The van der Waals surface area contributed by atoms with Crippen LogP contribution in [-0.4, -0.2) is 9.55 Å². The van der Waals surface area contributed by atoms with E-state index in [-0.39, 0.29) is 11.2 Å². The van der Waals surface area contributed by atoms with Crippen LogP contribution in [0.15, 0.2) is 41.5 Å². The van der Waals surface area contributed by atoms with Crippen LogP contribution in [-0.2, 0) is 0 Å². The summed E-state index contributed by atoms with van der Waals surface area (Å²) in [4.78, 5) is 15.7. The van der Waals surface area contributed by atoms with Crippen LogP contribution in [0.1, 0.15) is 5.56 Å². The van der Waals surface area contributed by atoms with Crippen LogP contribution in [0, 0.1) is 11.3 Å². The number of hydrogen-bond acceptors (Lipinski definition) is 4. The molecule has 2 heterocycles. The average Bonchev–Trinajstić information content (AvgIpc) is 2.33. The summed E-state index contributed by atoms with van der Waals surface area (Å²) in [6.07, 6.45) is 2.98. The summed E-state index contributed by atoms with van der Waals surface area (Å²) in [5.74, 6) is 0.441. The van der Waals surface area contributed by atoms with Crippen LogP contribution >= 0.6 is 0 Å². The lowest BCUT2D eigenvalue weighted by Crippen LogP contribution is -2.21. The molecule has 16 heavy (non-hydrogen) atoms. The van der Waals surface area contributed by atoms with Gasteiger partial charge in [0.2, 0.25) is 0 Å². The number of anilines is 1. The van der Waals surface area contributed by atoms with Crippen molar-refractivity contribution in [3.05, 3.63) is 52.6 Å². The average molecular weight is 212 g/mol. The van der Waals surface area contributed by atoms with Gasteiger partial charge in [-0.1, -0.05) is 0 Å². The van der Waals surface area contributed by atoms with E-state index < -0.39 is 0 Å². The molecule has 5 nitrogen and oxygen atoms in total. The summed E-state index contributed by atoms with van der Waals surface area (Å²) in [5, 5.41) is 8.62. The first-order valence-electron chi connectivity index (χ1n) is 4.56. The lowest BCUT2D eigenvalue weighted by molar-refractivity contribution is 0.943. The molecule has 78 valence electrons. The van der Waals surface area contributed by atoms with Crippen molar-refractivity contribution in [1.29, 1.82) is 5.26 Å². The maximum absolute atomic E-state index is 11.7. The summed E-state index contributed by atoms with van der Waals surface area (Å²) in [6, 6.07) is 8.34. The standard InChI is InChI=1S/C11H8N4O/c12-6-8-3-4-10(14-7-8)15-5-1-2-9(13)11(15)16/h1-5,7H,13H2. The van der Waals surface area contributed by atoms with Crippen molar-refractivity contribution in [3.63, 3.8) is 0 Å². The van der Waals surface area contributed by atoms with Crippen LogP contribution in [0.2, 0.25) is 0 Å². The number of hydrogen-bond donors (Lipinski definition) is 1. The molecule has 0 spiro atoms. The molecule has 0 bridgehead atoms. The normalized spacial score (nSPS) is 9.69. The minimum atomic E-state index is -0.320. The first-order valence-corrected chi connectivity index (χ1v) is 4.56. The number of nitriles is 1. The number of pyridine rings is 2. The van der Waals surface area contributed by atoms with E-state index in [4.69, 9.17) is 11.0 Å². The van der Waals surface area contributed by atoms with E-state index in [0.29, 0.717) is 11.4 Å². The summed E-state index contributed by atoms with van der Waals surface area (Å²) < 4.78 is 1.33. The van der Waals surface area contributed by atoms with E-state index in [1.807, 2.05) is 6.07 Å². The van der Waals surface area contributed by atoms with Gasteiger partial charge in [0, 0.05) is 12.4 Å². The van der Waals surface area contributed by atoms with Gasteiger partial charge in [0.05, 0.1) is 11.3 Å². The highest BCUT2D eigenvalue weighted by molar-refractivity contribution is 5.38. The highest BCUT2D eigenvalue weighted by Gasteiger charge is 2.02. The maximum atomic E-state index is 11.7. The van der Waals surface area contributed by atoms with Crippen molar-refractivity contribution in [3.8, 4) is 11.9 Å². The van der Waals surface area contributed by atoms with Crippen LogP contribution in [0.4, 0.5) is 5.69 Å². The summed E-state index contributed by atoms with van der Waals surface area (Å²) in [5.41, 5.74) is 5.79. The van der Waals surface area contributed by atoms with Crippen molar-refractivity contribution in [2.24, 2.45) is 0 Å². The van der Waals surface area contributed by atoms with E-state index in [1.54, 1.807) is 24.4 Å². The molecular formula is C11H8N4O. The Morgan fingerprint density at radius 3 is 2.81 bits per heavy atom. The second-order valence-corrected chi connectivity index (χ2v) is 3.16. The van der Waals surface area contributed by atoms with Crippen molar-refractivity contribution in [2.75, 3.05) is 5.73 Å². The van der Waals surface area contributed by atoms with E-state index in [1.165, 1.54) is 16.8 Å². The molecule has 0 aromatic carbocycles. The summed E-state index contributed by atoms with van der Waals surface area (Å²) in [7, 11) is 0. The van der Waals surface area contributed by atoms with Gasteiger partial charge in [-0.2, -0.15) is 5.26 Å². The molecule has 0 amide bonds. The molecular weight excluding hydrogens is 204 g/mol. The zero-order chi connectivity index (χ0) is 11.5. The Morgan fingerprint density at radius 2 is 2.19 bits per heavy atom. The highest BCUT2D eigenvalue weighted by Crippen LogP contribution is 2.03. The minimum Gasteiger partial charge on any atom is -0.394 e. The van der Waals surface area contributed by atoms with Gasteiger partial charge in [0.15, 0.2) is 0 Å².